The molecule has 0 spiro atoms. The first-order valence-corrected chi connectivity index (χ1v) is 14.3. The molecule has 1 fully saturated rings. The number of benzene rings is 2. The van der Waals surface area contributed by atoms with Crippen molar-refractivity contribution in [2.75, 3.05) is 45.9 Å². The molecule has 0 N–H and O–H groups in total. The zero-order valence-electron chi connectivity index (χ0n) is 23.4. The van der Waals surface area contributed by atoms with E-state index in [0.29, 0.717) is 35.2 Å². The summed E-state index contributed by atoms with van der Waals surface area (Å²) in [7, 11) is 0.820. The smallest absolute Gasteiger partial charge is 0.243 e. The molecule has 4 rings (SSSR count). The Bertz CT molecular complexity index is 1400. The molecule has 2 aromatic carbocycles. The third kappa shape index (κ3) is 6.55. The summed E-state index contributed by atoms with van der Waals surface area (Å²) in [4.78, 5) is 19.9. The molecule has 2 heterocycles. The van der Waals surface area contributed by atoms with Gasteiger partial charge in [0.05, 0.1) is 45.0 Å². The highest BCUT2D eigenvalue weighted by Crippen LogP contribution is 2.38. The van der Waals surface area contributed by atoms with Crippen molar-refractivity contribution >= 4 is 21.6 Å². The Kier molecular flexibility index (Phi) is 9.28. The number of aromatic nitrogens is 1. The third-order valence-electron chi connectivity index (χ3n) is 6.59. The lowest BCUT2D eigenvalue weighted by atomic mass is 10.1. The van der Waals surface area contributed by atoms with Crippen LogP contribution in [0, 0.1) is 0 Å². The van der Waals surface area contributed by atoms with Crippen molar-refractivity contribution in [3.05, 3.63) is 71.9 Å². The lowest BCUT2D eigenvalue weighted by molar-refractivity contribution is -0.0440. The highest BCUT2D eigenvalue weighted by Gasteiger charge is 2.32. The molecule has 1 aliphatic rings. The van der Waals surface area contributed by atoms with Gasteiger partial charge < -0.3 is 23.8 Å². The fourth-order valence-electron chi connectivity index (χ4n) is 4.78. The van der Waals surface area contributed by atoms with Crippen LogP contribution in [0.4, 0.5) is 5.82 Å². The zero-order chi connectivity index (χ0) is 28.9. The fourth-order valence-corrected chi connectivity index (χ4v) is 6.41. The van der Waals surface area contributed by atoms with Crippen molar-refractivity contribution in [3.63, 3.8) is 0 Å². The first-order chi connectivity index (χ1) is 19.2. The van der Waals surface area contributed by atoms with Gasteiger partial charge in [-0.25, -0.2) is 13.4 Å². The minimum absolute atomic E-state index is 0.0389. The summed E-state index contributed by atoms with van der Waals surface area (Å²) in [6.07, 6.45) is 1.22. The number of anilines is 1. The third-order valence-corrected chi connectivity index (χ3v) is 8.41. The quantitative estimate of drug-likeness (QED) is 0.319. The Morgan fingerprint density at radius 2 is 1.65 bits per heavy atom. The van der Waals surface area contributed by atoms with Crippen molar-refractivity contribution in [3.8, 4) is 17.2 Å². The number of Topliss-reactive ketones (excluding diaryl/α,β-unsaturated/α-hetero) is 1. The summed E-state index contributed by atoms with van der Waals surface area (Å²) in [5, 5.41) is 0. The van der Waals surface area contributed by atoms with E-state index < -0.39 is 10.0 Å². The van der Waals surface area contributed by atoms with Gasteiger partial charge >= 0.3 is 0 Å². The van der Waals surface area contributed by atoms with Crippen LogP contribution in [0.2, 0.25) is 0 Å². The minimum Gasteiger partial charge on any atom is -0.493 e. The summed E-state index contributed by atoms with van der Waals surface area (Å²) in [5.74, 6) is 1.79. The average molecular weight is 570 g/mol. The monoisotopic (exact) mass is 569 g/mol. The molecule has 1 aromatic heterocycles. The van der Waals surface area contributed by atoms with Crippen LogP contribution in [0.15, 0.2) is 65.7 Å². The molecule has 214 valence electrons. The van der Waals surface area contributed by atoms with Crippen molar-refractivity contribution in [2.45, 2.75) is 37.5 Å². The van der Waals surface area contributed by atoms with Gasteiger partial charge in [0.1, 0.15) is 5.82 Å². The molecule has 0 aliphatic carbocycles. The molecule has 0 amide bonds. The van der Waals surface area contributed by atoms with E-state index in [2.05, 4.69) is 4.98 Å². The molecule has 1 saturated heterocycles. The summed E-state index contributed by atoms with van der Waals surface area (Å²) in [6, 6.07) is 15.3. The Hall–Kier alpha value is -3.67. The molecule has 2 unspecified atom stereocenters. The van der Waals surface area contributed by atoms with E-state index in [0.717, 1.165) is 5.56 Å². The predicted octanol–water partition coefficient (Wildman–Crippen LogP) is 3.79. The van der Waals surface area contributed by atoms with Crippen LogP contribution in [-0.2, 0) is 21.3 Å². The molecule has 2 atom stereocenters. The lowest BCUT2D eigenvalue weighted by Crippen LogP contribution is -2.48. The zero-order valence-corrected chi connectivity index (χ0v) is 24.2. The van der Waals surface area contributed by atoms with Crippen LogP contribution >= 0.6 is 0 Å². The van der Waals surface area contributed by atoms with Crippen LogP contribution in [0.3, 0.4) is 0 Å². The largest absolute Gasteiger partial charge is 0.493 e. The second kappa shape index (κ2) is 12.7. The number of hydrogen-bond acceptors (Lipinski definition) is 9. The van der Waals surface area contributed by atoms with E-state index in [-0.39, 0.29) is 42.5 Å². The number of morpholine rings is 1. The minimum atomic E-state index is -3.80. The van der Waals surface area contributed by atoms with E-state index in [1.165, 1.54) is 23.5 Å². The second-order valence-corrected chi connectivity index (χ2v) is 11.5. The molecule has 40 heavy (non-hydrogen) atoms. The van der Waals surface area contributed by atoms with E-state index in [1.807, 2.05) is 43.0 Å². The summed E-state index contributed by atoms with van der Waals surface area (Å²) in [6.45, 7) is 4.47. The van der Waals surface area contributed by atoms with E-state index in [1.54, 1.807) is 38.6 Å². The van der Waals surface area contributed by atoms with Gasteiger partial charge in [0, 0.05) is 31.4 Å². The summed E-state index contributed by atoms with van der Waals surface area (Å²) < 4.78 is 50.4. The van der Waals surface area contributed by atoms with Crippen LogP contribution in [0.25, 0.3) is 0 Å². The van der Waals surface area contributed by atoms with E-state index in [4.69, 9.17) is 18.9 Å². The lowest BCUT2D eigenvalue weighted by Gasteiger charge is -2.34. The Morgan fingerprint density at radius 3 is 2.23 bits per heavy atom. The van der Waals surface area contributed by atoms with Gasteiger partial charge in [-0.15, -0.1) is 0 Å². The number of hydrogen-bond donors (Lipinski definition) is 0. The van der Waals surface area contributed by atoms with E-state index in [9.17, 15) is 13.2 Å². The number of pyridine rings is 1. The van der Waals surface area contributed by atoms with Crippen LogP contribution < -0.4 is 19.1 Å². The Balaban J connectivity index is 1.62. The molecular formula is C29H35N3O7S. The van der Waals surface area contributed by atoms with Crippen LogP contribution in [0.5, 0.6) is 17.2 Å². The fraction of sp³-hybridized carbons (Fsp3) is 0.379. The maximum atomic E-state index is 13.6. The average Bonchev–Trinajstić information content (AvgIpc) is 2.96. The molecular weight excluding hydrogens is 534 g/mol. The van der Waals surface area contributed by atoms with Gasteiger partial charge in [-0.2, -0.15) is 4.31 Å². The Morgan fingerprint density at radius 1 is 0.975 bits per heavy atom. The van der Waals surface area contributed by atoms with Gasteiger partial charge in [-0.1, -0.05) is 18.2 Å². The number of sulfonamides is 1. The summed E-state index contributed by atoms with van der Waals surface area (Å²) in [5.41, 5.74) is 1.10. The molecule has 0 saturated carbocycles. The normalized spacial score (nSPS) is 17.7. The first kappa shape index (κ1) is 29.3. The van der Waals surface area contributed by atoms with Gasteiger partial charge in [-0.3, -0.25) is 4.79 Å². The molecule has 0 bridgehead atoms. The highest BCUT2D eigenvalue weighted by molar-refractivity contribution is 7.89. The predicted molar refractivity (Wildman–Crippen MR) is 151 cm³/mol. The highest BCUT2D eigenvalue weighted by atomic mass is 32.2. The molecule has 0 radical (unpaired) electrons. The number of nitrogens with zero attached hydrogens (tertiary/aromatic N) is 3. The van der Waals surface area contributed by atoms with Crippen LogP contribution in [-0.4, -0.2) is 76.7 Å². The van der Waals surface area contributed by atoms with Gasteiger partial charge in [-0.05, 0) is 55.8 Å². The summed E-state index contributed by atoms with van der Waals surface area (Å²) >= 11 is 0. The topological polar surface area (TPSA) is 108 Å². The van der Waals surface area contributed by atoms with Crippen molar-refractivity contribution in [2.24, 2.45) is 0 Å². The van der Waals surface area contributed by atoms with Gasteiger partial charge in [0.15, 0.2) is 17.3 Å². The second-order valence-electron chi connectivity index (χ2n) is 9.61. The SMILES string of the molecule is COc1cc(CN(CC(=O)c2cccc(S(=O)(=O)N3CC(C)OC(C)C3)c2)c2ccccn2)cc(OC)c1OC. The maximum Gasteiger partial charge on any atom is 0.243 e. The number of methoxy groups -OCH3 is 3. The van der Waals surface area contributed by atoms with Gasteiger partial charge in [0.2, 0.25) is 15.8 Å². The standard InChI is InChI=1S/C29H35N3O7S/c1-20-16-32(17-21(2)39-20)40(34,35)24-10-8-9-23(15-24)25(33)19-31(28-11-6-7-12-30-28)18-22-13-26(36-3)29(38-5)27(14-22)37-4/h6-15,20-21H,16-19H2,1-5H3. The number of carbonyl (C=O) groups is 1. The first-order valence-electron chi connectivity index (χ1n) is 12.9. The van der Waals surface area contributed by atoms with Crippen molar-refractivity contribution in [1.82, 2.24) is 9.29 Å². The number of ether oxygens (including phenoxy) is 4. The molecule has 1 aliphatic heterocycles. The van der Waals surface area contributed by atoms with Crippen molar-refractivity contribution < 1.29 is 32.2 Å². The molecule has 3 aromatic rings. The maximum absolute atomic E-state index is 13.6. The number of carbonyl (C=O) groups excluding carboxylic acids is 1. The Labute approximate surface area is 235 Å². The molecule has 11 heteroatoms. The molecule has 10 nitrogen and oxygen atoms in total. The number of ketones is 1. The number of rotatable bonds is 11. The van der Waals surface area contributed by atoms with Crippen molar-refractivity contribution in [1.29, 1.82) is 0 Å². The van der Waals surface area contributed by atoms with Crippen LogP contribution in [0.1, 0.15) is 29.8 Å². The van der Waals surface area contributed by atoms with E-state index >= 15 is 0 Å². The van der Waals surface area contributed by atoms with Gasteiger partial charge in [0.25, 0.3) is 0 Å².